The zero-order chi connectivity index (χ0) is 17.7. The van der Waals surface area contributed by atoms with Crippen molar-refractivity contribution in [3.63, 3.8) is 0 Å². The minimum Gasteiger partial charge on any atom is -0.350 e. The highest BCUT2D eigenvalue weighted by Crippen LogP contribution is 2.17. The Morgan fingerprint density at radius 3 is 2.60 bits per heavy atom. The SMILES string of the molecule is O=S(=O)(NCCNc1noc(-c2ccccc2)n1)c1cccc(Cl)c1. The molecule has 0 saturated heterocycles. The number of hydrogen-bond acceptors (Lipinski definition) is 6. The van der Waals surface area contributed by atoms with Gasteiger partial charge in [-0.2, -0.15) is 4.98 Å². The van der Waals surface area contributed by atoms with E-state index in [1.807, 2.05) is 30.3 Å². The first-order valence-corrected chi connectivity index (χ1v) is 9.29. The summed E-state index contributed by atoms with van der Waals surface area (Å²) in [6.45, 7) is 0.456. The van der Waals surface area contributed by atoms with E-state index in [0.717, 1.165) is 5.56 Å². The third-order valence-corrected chi connectivity index (χ3v) is 4.95. The molecular formula is C16H15ClN4O3S. The van der Waals surface area contributed by atoms with Crippen molar-refractivity contribution in [1.29, 1.82) is 0 Å². The molecule has 7 nitrogen and oxygen atoms in total. The molecule has 9 heteroatoms. The monoisotopic (exact) mass is 378 g/mol. The first kappa shape index (κ1) is 17.4. The van der Waals surface area contributed by atoms with Crippen LogP contribution in [0.3, 0.4) is 0 Å². The summed E-state index contributed by atoms with van der Waals surface area (Å²) in [5.41, 5.74) is 0.810. The first-order chi connectivity index (χ1) is 12.0. The van der Waals surface area contributed by atoms with Crippen molar-refractivity contribution in [3.8, 4) is 11.5 Å². The molecule has 0 aliphatic rings. The lowest BCUT2D eigenvalue weighted by atomic mass is 10.2. The Kier molecular flexibility index (Phi) is 5.32. The van der Waals surface area contributed by atoms with Crippen LogP contribution >= 0.6 is 11.6 Å². The average molecular weight is 379 g/mol. The van der Waals surface area contributed by atoms with Crippen LogP contribution in [0, 0.1) is 0 Å². The molecule has 3 aromatic rings. The van der Waals surface area contributed by atoms with Gasteiger partial charge >= 0.3 is 0 Å². The molecule has 0 spiro atoms. The topological polar surface area (TPSA) is 97.1 Å². The predicted molar refractivity (Wildman–Crippen MR) is 94.9 cm³/mol. The van der Waals surface area contributed by atoms with E-state index in [9.17, 15) is 8.42 Å². The van der Waals surface area contributed by atoms with Crippen LogP contribution in [0.5, 0.6) is 0 Å². The van der Waals surface area contributed by atoms with E-state index in [2.05, 4.69) is 20.2 Å². The fourth-order valence-electron chi connectivity index (χ4n) is 2.07. The zero-order valence-electron chi connectivity index (χ0n) is 13.0. The standard InChI is InChI=1S/C16H15ClN4O3S/c17-13-7-4-8-14(11-13)25(22,23)19-10-9-18-16-20-15(24-21-16)12-5-2-1-3-6-12/h1-8,11,19H,9-10H2,(H,18,21). The summed E-state index contributed by atoms with van der Waals surface area (Å²) in [7, 11) is -3.61. The minimum absolute atomic E-state index is 0.117. The maximum absolute atomic E-state index is 12.1. The number of nitrogens with one attached hydrogen (secondary N) is 2. The molecule has 0 amide bonds. The van der Waals surface area contributed by atoms with Gasteiger partial charge < -0.3 is 9.84 Å². The van der Waals surface area contributed by atoms with Gasteiger partial charge in [0.15, 0.2) is 0 Å². The van der Waals surface area contributed by atoms with Gasteiger partial charge in [0.2, 0.25) is 10.0 Å². The van der Waals surface area contributed by atoms with Gasteiger partial charge in [-0.15, -0.1) is 0 Å². The van der Waals surface area contributed by atoms with E-state index < -0.39 is 10.0 Å². The highest BCUT2D eigenvalue weighted by Gasteiger charge is 2.13. The van der Waals surface area contributed by atoms with Crippen LogP contribution in [0.4, 0.5) is 5.95 Å². The van der Waals surface area contributed by atoms with E-state index in [1.54, 1.807) is 12.1 Å². The number of rotatable bonds is 7. The molecule has 0 unspecified atom stereocenters. The summed E-state index contributed by atoms with van der Waals surface area (Å²) in [6.07, 6.45) is 0. The molecule has 1 heterocycles. The van der Waals surface area contributed by atoms with Crippen LogP contribution in [-0.4, -0.2) is 31.6 Å². The molecule has 130 valence electrons. The zero-order valence-corrected chi connectivity index (χ0v) is 14.6. The van der Waals surface area contributed by atoms with Crippen molar-refractivity contribution >= 4 is 27.6 Å². The summed E-state index contributed by atoms with van der Waals surface area (Å²) in [5.74, 6) is 0.684. The Morgan fingerprint density at radius 2 is 1.84 bits per heavy atom. The molecule has 0 aliphatic carbocycles. The molecule has 0 atom stereocenters. The van der Waals surface area contributed by atoms with Gasteiger partial charge in [-0.1, -0.05) is 35.9 Å². The predicted octanol–water partition coefficient (Wildman–Crippen LogP) is 2.78. The first-order valence-electron chi connectivity index (χ1n) is 7.43. The van der Waals surface area contributed by atoms with E-state index in [1.165, 1.54) is 12.1 Å². The van der Waals surface area contributed by atoms with Crippen LogP contribution in [0.1, 0.15) is 0 Å². The second-order valence-corrected chi connectivity index (χ2v) is 7.27. The summed E-state index contributed by atoms with van der Waals surface area (Å²) < 4.78 is 31.9. The number of sulfonamides is 1. The van der Waals surface area contributed by atoms with Gasteiger partial charge in [-0.3, -0.25) is 0 Å². The number of anilines is 1. The third kappa shape index (κ3) is 4.56. The highest BCUT2D eigenvalue weighted by atomic mass is 35.5. The van der Waals surface area contributed by atoms with Crippen LogP contribution in [0.25, 0.3) is 11.5 Å². The van der Waals surface area contributed by atoms with Crippen LogP contribution in [0.15, 0.2) is 64.0 Å². The number of halogens is 1. The fourth-order valence-corrected chi connectivity index (χ4v) is 3.40. The summed E-state index contributed by atoms with van der Waals surface area (Å²) in [5, 5.41) is 7.07. The van der Waals surface area contributed by atoms with Crippen molar-refractivity contribution in [2.24, 2.45) is 0 Å². The van der Waals surface area contributed by atoms with Gasteiger partial charge in [0.1, 0.15) is 0 Å². The van der Waals surface area contributed by atoms with Crippen LogP contribution in [0.2, 0.25) is 5.02 Å². The highest BCUT2D eigenvalue weighted by molar-refractivity contribution is 7.89. The summed E-state index contributed by atoms with van der Waals surface area (Å²) >= 11 is 5.81. The Labute approximate surface area is 150 Å². The van der Waals surface area contributed by atoms with Gasteiger partial charge in [-0.05, 0) is 35.5 Å². The molecule has 2 N–H and O–H groups in total. The maximum atomic E-state index is 12.1. The lowest BCUT2D eigenvalue weighted by molar-refractivity contribution is 0.432. The van der Waals surface area contributed by atoms with Gasteiger partial charge in [0, 0.05) is 23.7 Å². The Hall–Kier alpha value is -2.42. The Morgan fingerprint density at radius 1 is 1.04 bits per heavy atom. The smallest absolute Gasteiger partial charge is 0.263 e. The number of nitrogens with zero attached hydrogens (tertiary/aromatic N) is 2. The molecule has 0 bridgehead atoms. The third-order valence-electron chi connectivity index (χ3n) is 3.25. The fraction of sp³-hybridized carbons (Fsp3) is 0.125. The van der Waals surface area contributed by atoms with E-state index >= 15 is 0 Å². The number of benzene rings is 2. The quantitative estimate of drug-likeness (QED) is 0.613. The number of hydrogen-bond donors (Lipinski definition) is 2. The normalized spacial score (nSPS) is 11.4. The molecule has 3 rings (SSSR count). The van der Waals surface area contributed by atoms with Gasteiger partial charge in [0.25, 0.3) is 11.8 Å². The molecule has 0 fully saturated rings. The average Bonchev–Trinajstić information content (AvgIpc) is 3.08. The van der Waals surface area contributed by atoms with Crippen molar-refractivity contribution in [3.05, 3.63) is 59.6 Å². The van der Waals surface area contributed by atoms with Crippen molar-refractivity contribution in [1.82, 2.24) is 14.9 Å². The van der Waals surface area contributed by atoms with Crippen LogP contribution in [-0.2, 0) is 10.0 Å². The van der Waals surface area contributed by atoms with Crippen molar-refractivity contribution in [2.75, 3.05) is 18.4 Å². The maximum Gasteiger partial charge on any atom is 0.263 e. The lowest BCUT2D eigenvalue weighted by Crippen LogP contribution is -2.29. The van der Waals surface area contributed by atoms with Crippen molar-refractivity contribution in [2.45, 2.75) is 4.90 Å². The van der Waals surface area contributed by atoms with E-state index in [0.29, 0.717) is 23.4 Å². The van der Waals surface area contributed by atoms with Gasteiger partial charge in [-0.25, -0.2) is 13.1 Å². The molecule has 0 radical (unpaired) electrons. The second kappa shape index (κ2) is 7.64. The van der Waals surface area contributed by atoms with E-state index in [4.69, 9.17) is 16.1 Å². The van der Waals surface area contributed by atoms with Crippen molar-refractivity contribution < 1.29 is 12.9 Å². The minimum atomic E-state index is -3.61. The summed E-state index contributed by atoms with van der Waals surface area (Å²) in [6, 6.07) is 15.4. The Balaban J connectivity index is 1.53. The van der Waals surface area contributed by atoms with Gasteiger partial charge in [0.05, 0.1) is 4.90 Å². The molecule has 0 saturated carbocycles. The second-order valence-electron chi connectivity index (χ2n) is 5.07. The largest absolute Gasteiger partial charge is 0.350 e. The molecular weight excluding hydrogens is 364 g/mol. The molecule has 2 aromatic carbocycles. The Bertz CT molecular complexity index is 945. The van der Waals surface area contributed by atoms with E-state index in [-0.39, 0.29) is 11.4 Å². The number of aromatic nitrogens is 2. The summed E-state index contributed by atoms with van der Waals surface area (Å²) in [4.78, 5) is 4.32. The molecule has 25 heavy (non-hydrogen) atoms. The van der Waals surface area contributed by atoms with Crippen LogP contribution < -0.4 is 10.0 Å². The molecule has 1 aromatic heterocycles. The lowest BCUT2D eigenvalue weighted by Gasteiger charge is -2.07. The molecule has 0 aliphatic heterocycles.